The van der Waals surface area contributed by atoms with Gasteiger partial charge in [0, 0.05) is 27.8 Å². The van der Waals surface area contributed by atoms with E-state index in [1.165, 1.54) is 0 Å². The number of hydrogen-bond acceptors (Lipinski definition) is 4. The summed E-state index contributed by atoms with van der Waals surface area (Å²) < 4.78 is 7.09. The molecule has 30 heavy (non-hydrogen) atoms. The third-order valence-corrected chi connectivity index (χ3v) is 5.19. The summed E-state index contributed by atoms with van der Waals surface area (Å²) in [6, 6.07) is 20.2. The molecule has 6 nitrogen and oxygen atoms in total. The predicted molar refractivity (Wildman–Crippen MR) is 115 cm³/mol. The molecule has 0 atom stereocenters. The summed E-state index contributed by atoms with van der Waals surface area (Å²) in [6.07, 6.45) is 0. The van der Waals surface area contributed by atoms with E-state index in [9.17, 15) is 9.59 Å². The van der Waals surface area contributed by atoms with E-state index in [-0.39, 0.29) is 18.2 Å². The lowest BCUT2D eigenvalue weighted by atomic mass is 9.87. The Labute approximate surface area is 173 Å². The molecule has 0 saturated carbocycles. The molecule has 4 aromatic rings. The fourth-order valence-electron chi connectivity index (χ4n) is 3.90. The van der Waals surface area contributed by atoms with Crippen LogP contribution in [0.15, 0.2) is 66.7 Å². The Morgan fingerprint density at radius 3 is 2.47 bits per heavy atom. The summed E-state index contributed by atoms with van der Waals surface area (Å²) in [5.74, 6) is 0.550. The van der Waals surface area contributed by atoms with Crippen LogP contribution in [-0.2, 0) is 11.3 Å². The van der Waals surface area contributed by atoms with E-state index in [0.29, 0.717) is 23.4 Å². The first-order valence-electron chi connectivity index (χ1n) is 9.82. The molecule has 0 fully saturated rings. The number of nitrogens with one attached hydrogen (secondary N) is 1. The Balaban J connectivity index is 1.47. The zero-order valence-electron chi connectivity index (χ0n) is 16.4. The van der Waals surface area contributed by atoms with Crippen molar-refractivity contribution in [3.63, 3.8) is 0 Å². The molecular weight excluding hydrogens is 378 g/mol. The Hall–Kier alpha value is -3.93. The van der Waals surface area contributed by atoms with Crippen LogP contribution in [0.25, 0.3) is 22.2 Å². The number of rotatable bonds is 5. The van der Waals surface area contributed by atoms with Gasteiger partial charge in [0.15, 0.2) is 5.78 Å². The van der Waals surface area contributed by atoms with Crippen molar-refractivity contribution < 1.29 is 14.3 Å². The molecule has 3 aromatic carbocycles. The molecule has 0 unspecified atom stereocenters. The molecule has 148 valence electrons. The number of aromatic nitrogens is 2. The largest absolute Gasteiger partial charge is 0.494 e. The maximum absolute atomic E-state index is 12.9. The van der Waals surface area contributed by atoms with E-state index in [2.05, 4.69) is 5.32 Å². The van der Waals surface area contributed by atoms with Gasteiger partial charge >= 0.3 is 0 Å². The van der Waals surface area contributed by atoms with Crippen LogP contribution < -0.4 is 10.1 Å². The first-order valence-corrected chi connectivity index (χ1v) is 9.82. The lowest BCUT2D eigenvalue weighted by molar-refractivity contribution is -0.116. The molecule has 1 aliphatic carbocycles. The second-order valence-corrected chi connectivity index (χ2v) is 7.09. The van der Waals surface area contributed by atoms with Gasteiger partial charge in [-0.25, -0.2) is 0 Å². The van der Waals surface area contributed by atoms with Gasteiger partial charge in [-0.3, -0.25) is 14.3 Å². The highest BCUT2D eigenvalue weighted by atomic mass is 16.5. The molecule has 1 N–H and O–H groups in total. The van der Waals surface area contributed by atoms with Crippen molar-refractivity contribution in [2.75, 3.05) is 11.9 Å². The minimum absolute atomic E-state index is 0.0120. The first kappa shape index (κ1) is 18.1. The number of ketones is 1. The summed E-state index contributed by atoms with van der Waals surface area (Å²) in [5, 5.41) is 8.39. The summed E-state index contributed by atoms with van der Waals surface area (Å²) >= 11 is 0. The highest BCUT2D eigenvalue weighted by Gasteiger charge is 2.28. The molecule has 1 amide bonds. The number of amides is 1. The van der Waals surface area contributed by atoms with Crippen molar-refractivity contribution in [3.05, 3.63) is 77.9 Å². The summed E-state index contributed by atoms with van der Waals surface area (Å²) in [5.41, 5.74) is 4.26. The zero-order chi connectivity index (χ0) is 20.7. The van der Waals surface area contributed by atoms with Crippen LogP contribution in [0.4, 0.5) is 5.69 Å². The van der Waals surface area contributed by atoms with Gasteiger partial charge in [0.2, 0.25) is 5.91 Å². The number of anilines is 1. The topological polar surface area (TPSA) is 73.2 Å². The lowest BCUT2D eigenvalue weighted by Crippen LogP contribution is -2.19. The monoisotopic (exact) mass is 397 g/mol. The number of ether oxygens (including phenoxy) is 1. The minimum atomic E-state index is -0.195. The fourth-order valence-corrected chi connectivity index (χ4v) is 3.90. The van der Waals surface area contributed by atoms with Gasteiger partial charge in [0.05, 0.1) is 12.1 Å². The Kier molecular flexibility index (Phi) is 4.32. The van der Waals surface area contributed by atoms with E-state index >= 15 is 0 Å². The Bertz CT molecular complexity index is 1290. The Morgan fingerprint density at radius 1 is 0.967 bits per heavy atom. The van der Waals surface area contributed by atoms with Crippen LogP contribution in [0.1, 0.15) is 22.8 Å². The molecule has 0 bridgehead atoms. The molecule has 1 aromatic heterocycles. The molecule has 0 aliphatic heterocycles. The second kappa shape index (κ2) is 7.15. The number of fused-ring (bicyclic) bond motifs is 2. The van der Waals surface area contributed by atoms with Crippen molar-refractivity contribution in [2.45, 2.75) is 13.5 Å². The quantitative estimate of drug-likeness (QED) is 0.480. The zero-order valence-corrected chi connectivity index (χ0v) is 16.4. The van der Waals surface area contributed by atoms with Crippen LogP contribution in [0.2, 0.25) is 0 Å². The summed E-state index contributed by atoms with van der Waals surface area (Å²) in [6.45, 7) is 2.56. The SMILES string of the molecule is CCOc1ccc(NC(=O)Cn2nc3c4c(cccc42)C(=O)c2ccccc2-3)cc1. The maximum Gasteiger partial charge on any atom is 0.246 e. The van der Waals surface area contributed by atoms with E-state index in [1.807, 2.05) is 61.5 Å². The van der Waals surface area contributed by atoms with Crippen molar-refractivity contribution >= 4 is 28.3 Å². The third-order valence-electron chi connectivity index (χ3n) is 5.19. The molecule has 1 aliphatic rings. The van der Waals surface area contributed by atoms with Crippen LogP contribution in [0, 0.1) is 0 Å². The van der Waals surface area contributed by atoms with Crippen LogP contribution >= 0.6 is 0 Å². The fraction of sp³-hybridized carbons (Fsp3) is 0.125. The lowest BCUT2D eigenvalue weighted by Gasteiger charge is -2.13. The predicted octanol–water partition coefficient (Wildman–Crippen LogP) is 4.29. The summed E-state index contributed by atoms with van der Waals surface area (Å²) in [4.78, 5) is 25.6. The van der Waals surface area contributed by atoms with Gasteiger partial charge in [0.25, 0.3) is 0 Å². The van der Waals surface area contributed by atoms with Gasteiger partial charge in [0.1, 0.15) is 18.0 Å². The van der Waals surface area contributed by atoms with Crippen LogP contribution in [-0.4, -0.2) is 28.1 Å². The summed E-state index contributed by atoms with van der Waals surface area (Å²) in [7, 11) is 0. The molecule has 0 saturated heterocycles. The van der Waals surface area contributed by atoms with Crippen LogP contribution in [0.3, 0.4) is 0 Å². The van der Waals surface area contributed by atoms with Gasteiger partial charge in [-0.05, 0) is 37.3 Å². The highest BCUT2D eigenvalue weighted by molar-refractivity contribution is 6.25. The average Bonchev–Trinajstić information content (AvgIpc) is 3.13. The number of nitrogens with zero attached hydrogens (tertiary/aromatic N) is 2. The average molecular weight is 397 g/mol. The van der Waals surface area contributed by atoms with E-state index in [4.69, 9.17) is 9.84 Å². The van der Waals surface area contributed by atoms with E-state index in [1.54, 1.807) is 16.8 Å². The third kappa shape index (κ3) is 2.93. The number of hydrogen-bond donors (Lipinski definition) is 1. The smallest absolute Gasteiger partial charge is 0.246 e. The van der Waals surface area contributed by atoms with Crippen molar-refractivity contribution in [3.8, 4) is 17.0 Å². The maximum atomic E-state index is 12.9. The second-order valence-electron chi connectivity index (χ2n) is 7.09. The van der Waals surface area contributed by atoms with Gasteiger partial charge in [-0.1, -0.05) is 36.4 Å². The minimum Gasteiger partial charge on any atom is -0.494 e. The van der Waals surface area contributed by atoms with Crippen LogP contribution in [0.5, 0.6) is 5.75 Å². The highest BCUT2D eigenvalue weighted by Crippen LogP contribution is 2.38. The number of carbonyl (C=O) groups is 2. The van der Waals surface area contributed by atoms with E-state index in [0.717, 1.165) is 27.9 Å². The van der Waals surface area contributed by atoms with Gasteiger partial charge < -0.3 is 10.1 Å². The Morgan fingerprint density at radius 2 is 1.70 bits per heavy atom. The molecule has 0 radical (unpaired) electrons. The van der Waals surface area contributed by atoms with Gasteiger partial charge in [-0.2, -0.15) is 5.10 Å². The standard InChI is InChI=1S/C24H19N3O3/c1-2-30-16-12-10-15(11-13-16)25-21(28)14-27-20-9-5-8-19-22(20)23(26-27)17-6-3-4-7-18(17)24(19)29/h3-13H,2,14H2,1H3,(H,25,28). The number of benzene rings is 3. The number of carbonyl (C=O) groups excluding carboxylic acids is 2. The molecule has 0 spiro atoms. The van der Waals surface area contributed by atoms with E-state index < -0.39 is 0 Å². The van der Waals surface area contributed by atoms with Crippen molar-refractivity contribution in [1.82, 2.24) is 9.78 Å². The molecular formula is C24H19N3O3. The first-order chi connectivity index (χ1) is 14.7. The van der Waals surface area contributed by atoms with Gasteiger partial charge in [-0.15, -0.1) is 0 Å². The normalized spacial score (nSPS) is 12.0. The van der Waals surface area contributed by atoms with Crippen molar-refractivity contribution in [1.29, 1.82) is 0 Å². The molecule has 5 rings (SSSR count). The van der Waals surface area contributed by atoms with Crippen molar-refractivity contribution in [2.24, 2.45) is 0 Å². The molecule has 1 heterocycles. The molecule has 6 heteroatoms.